The molecule has 0 aliphatic rings. The van der Waals surface area contributed by atoms with Crippen molar-refractivity contribution in [3.63, 3.8) is 0 Å². The summed E-state index contributed by atoms with van der Waals surface area (Å²) < 4.78 is 0. The summed E-state index contributed by atoms with van der Waals surface area (Å²) in [6.07, 6.45) is 1.12. The predicted octanol–water partition coefficient (Wildman–Crippen LogP) is 0.168. The van der Waals surface area contributed by atoms with E-state index in [0.717, 1.165) is 12.4 Å². The molecule has 9 heavy (non-hydrogen) atoms. The number of hydrogen-bond acceptors (Lipinski definition) is 4. The lowest BCUT2D eigenvalue weighted by atomic mass is 10.6. The predicted molar refractivity (Wildman–Crippen MR) is 30.3 cm³/mol. The molecule has 0 unspecified atom stereocenters. The second-order valence-corrected chi connectivity index (χ2v) is 1.36. The molecular formula is C4H3N3O2. The fourth-order valence-corrected chi connectivity index (χ4v) is 0.408. The highest BCUT2D eigenvalue weighted by molar-refractivity contribution is 5.21. The normalized spacial score (nSPS) is 8.89. The summed E-state index contributed by atoms with van der Waals surface area (Å²) in [6.45, 7) is 0. The minimum Gasteiger partial charge on any atom is -0.313 e. The van der Waals surface area contributed by atoms with Crippen LogP contribution in [-0.2, 0) is 0 Å². The standard InChI is InChI=1S/C4H3N3O2/c8-4-1-3(7-9)5-2-6-4/h1-2H,(H,5,6,8). The Hall–Kier alpha value is -1.52. The third-order valence-corrected chi connectivity index (χ3v) is 0.757. The molecule has 46 valence electrons. The molecule has 1 rings (SSSR count). The van der Waals surface area contributed by atoms with E-state index in [-0.39, 0.29) is 11.4 Å². The zero-order valence-corrected chi connectivity index (χ0v) is 4.37. The van der Waals surface area contributed by atoms with E-state index >= 15 is 0 Å². The molecule has 0 aromatic carbocycles. The third kappa shape index (κ3) is 1.18. The largest absolute Gasteiger partial charge is 0.313 e. The fraction of sp³-hybridized carbons (Fsp3) is 0. The van der Waals surface area contributed by atoms with Crippen molar-refractivity contribution in [3.8, 4) is 0 Å². The Balaban J connectivity index is 3.23. The van der Waals surface area contributed by atoms with Crippen molar-refractivity contribution in [1.82, 2.24) is 9.97 Å². The van der Waals surface area contributed by atoms with Gasteiger partial charge in [0.05, 0.1) is 12.4 Å². The third-order valence-electron chi connectivity index (χ3n) is 0.757. The van der Waals surface area contributed by atoms with E-state index in [1.54, 1.807) is 0 Å². The van der Waals surface area contributed by atoms with Gasteiger partial charge in [0.25, 0.3) is 5.56 Å². The molecule has 0 aliphatic carbocycles. The number of aromatic amines is 1. The molecule has 0 saturated heterocycles. The first-order valence-corrected chi connectivity index (χ1v) is 2.21. The maximum absolute atomic E-state index is 10.4. The fourth-order valence-electron chi connectivity index (χ4n) is 0.408. The summed E-state index contributed by atoms with van der Waals surface area (Å²) in [5, 5.41) is 2.45. The first kappa shape index (κ1) is 5.61. The van der Waals surface area contributed by atoms with Gasteiger partial charge in [-0.25, -0.2) is 4.98 Å². The molecule has 0 atom stereocenters. The van der Waals surface area contributed by atoms with Crippen LogP contribution >= 0.6 is 0 Å². The molecule has 0 bridgehead atoms. The molecule has 5 nitrogen and oxygen atoms in total. The lowest BCUT2D eigenvalue weighted by Gasteiger charge is -1.81. The van der Waals surface area contributed by atoms with Crippen LogP contribution in [0.15, 0.2) is 22.4 Å². The van der Waals surface area contributed by atoms with E-state index in [2.05, 4.69) is 15.1 Å². The summed E-state index contributed by atoms with van der Waals surface area (Å²) in [5.41, 5.74) is -0.375. The summed E-state index contributed by atoms with van der Waals surface area (Å²) in [5.74, 6) is -0.0984. The van der Waals surface area contributed by atoms with Gasteiger partial charge in [0.15, 0.2) is 0 Å². The van der Waals surface area contributed by atoms with Crippen molar-refractivity contribution in [3.05, 3.63) is 27.7 Å². The Morgan fingerprint density at radius 3 is 2.89 bits per heavy atom. The Kier molecular flexibility index (Phi) is 1.35. The van der Waals surface area contributed by atoms with Gasteiger partial charge in [-0.05, 0) is 5.18 Å². The average molecular weight is 125 g/mol. The number of nitroso groups, excluding NO2 is 1. The van der Waals surface area contributed by atoms with Crippen LogP contribution in [0.1, 0.15) is 0 Å². The Morgan fingerprint density at radius 2 is 2.44 bits per heavy atom. The Labute approximate surface area is 49.7 Å². The number of nitrogens with zero attached hydrogens (tertiary/aromatic N) is 2. The molecule has 0 radical (unpaired) electrons. The Bertz CT molecular complexity index is 267. The van der Waals surface area contributed by atoms with Crippen molar-refractivity contribution < 1.29 is 0 Å². The molecule has 0 saturated carbocycles. The van der Waals surface area contributed by atoms with Crippen molar-refractivity contribution in [2.45, 2.75) is 0 Å². The van der Waals surface area contributed by atoms with Crippen LogP contribution in [0.3, 0.4) is 0 Å². The number of aromatic nitrogens is 2. The molecule has 5 heteroatoms. The SMILES string of the molecule is O=Nc1cc(=O)[nH]cn1. The van der Waals surface area contributed by atoms with Gasteiger partial charge in [0.1, 0.15) is 0 Å². The second-order valence-electron chi connectivity index (χ2n) is 1.36. The van der Waals surface area contributed by atoms with E-state index in [0.29, 0.717) is 0 Å². The van der Waals surface area contributed by atoms with Gasteiger partial charge in [0.2, 0.25) is 5.82 Å². The quantitative estimate of drug-likeness (QED) is 0.543. The molecule has 1 aromatic heterocycles. The molecule has 1 aromatic rings. The highest BCUT2D eigenvalue weighted by Crippen LogP contribution is 1.96. The highest BCUT2D eigenvalue weighted by atomic mass is 16.3. The maximum atomic E-state index is 10.4. The second kappa shape index (κ2) is 2.17. The summed E-state index contributed by atoms with van der Waals surface area (Å²) in [4.78, 5) is 25.7. The van der Waals surface area contributed by atoms with Gasteiger partial charge in [0, 0.05) is 0 Å². The van der Waals surface area contributed by atoms with Crippen LogP contribution < -0.4 is 5.56 Å². The van der Waals surface area contributed by atoms with E-state index in [1.807, 2.05) is 0 Å². The van der Waals surface area contributed by atoms with Gasteiger partial charge in [-0.3, -0.25) is 4.79 Å². The molecule has 1 heterocycles. The van der Waals surface area contributed by atoms with Crippen LogP contribution in [0.25, 0.3) is 0 Å². The average Bonchev–Trinajstić information content (AvgIpc) is 1.88. The summed E-state index contributed by atoms with van der Waals surface area (Å²) in [7, 11) is 0. The van der Waals surface area contributed by atoms with Gasteiger partial charge in [-0.15, -0.1) is 4.91 Å². The number of hydrogen-bond donors (Lipinski definition) is 1. The van der Waals surface area contributed by atoms with E-state index in [1.165, 1.54) is 0 Å². The lowest BCUT2D eigenvalue weighted by molar-refractivity contribution is 1.10. The zero-order chi connectivity index (χ0) is 6.69. The molecule has 0 spiro atoms. The van der Waals surface area contributed by atoms with Gasteiger partial charge >= 0.3 is 0 Å². The molecule has 1 N–H and O–H groups in total. The topological polar surface area (TPSA) is 75.2 Å². The monoisotopic (exact) mass is 125 g/mol. The number of H-pyrrole nitrogens is 1. The minimum atomic E-state index is -0.375. The van der Waals surface area contributed by atoms with Crippen LogP contribution in [0.4, 0.5) is 5.82 Å². The summed E-state index contributed by atoms with van der Waals surface area (Å²) in [6, 6.07) is 1.02. The van der Waals surface area contributed by atoms with Crippen molar-refractivity contribution >= 4 is 5.82 Å². The Morgan fingerprint density at radius 1 is 1.67 bits per heavy atom. The van der Waals surface area contributed by atoms with Gasteiger partial charge in [-0.1, -0.05) is 0 Å². The smallest absolute Gasteiger partial charge is 0.252 e. The maximum Gasteiger partial charge on any atom is 0.252 e. The van der Waals surface area contributed by atoms with Crippen LogP contribution in [0.5, 0.6) is 0 Å². The highest BCUT2D eigenvalue weighted by Gasteiger charge is 1.89. The van der Waals surface area contributed by atoms with Crippen LogP contribution in [-0.4, -0.2) is 9.97 Å². The molecule has 0 amide bonds. The van der Waals surface area contributed by atoms with Crippen molar-refractivity contribution in [2.75, 3.05) is 0 Å². The first-order chi connectivity index (χ1) is 4.33. The molecular weight excluding hydrogens is 122 g/mol. The molecule has 0 fully saturated rings. The number of rotatable bonds is 1. The first-order valence-electron chi connectivity index (χ1n) is 2.21. The van der Waals surface area contributed by atoms with Crippen molar-refractivity contribution in [1.29, 1.82) is 0 Å². The van der Waals surface area contributed by atoms with Gasteiger partial charge < -0.3 is 4.98 Å². The van der Waals surface area contributed by atoms with Crippen LogP contribution in [0, 0.1) is 4.91 Å². The van der Waals surface area contributed by atoms with Gasteiger partial charge in [-0.2, -0.15) is 0 Å². The number of nitrogens with one attached hydrogen (secondary N) is 1. The van der Waals surface area contributed by atoms with Crippen molar-refractivity contribution in [2.24, 2.45) is 5.18 Å². The summed E-state index contributed by atoms with van der Waals surface area (Å²) >= 11 is 0. The van der Waals surface area contributed by atoms with E-state index in [9.17, 15) is 9.70 Å². The molecule has 0 aliphatic heterocycles. The zero-order valence-electron chi connectivity index (χ0n) is 4.37. The minimum absolute atomic E-state index is 0.0984. The van der Waals surface area contributed by atoms with E-state index in [4.69, 9.17) is 0 Å². The van der Waals surface area contributed by atoms with Crippen LogP contribution in [0.2, 0.25) is 0 Å². The lowest BCUT2D eigenvalue weighted by Crippen LogP contribution is -2.01. The van der Waals surface area contributed by atoms with E-state index < -0.39 is 0 Å².